The van der Waals surface area contributed by atoms with Crippen LogP contribution in [0.4, 0.5) is 5.69 Å². The van der Waals surface area contributed by atoms with E-state index in [1.54, 1.807) is 12.1 Å². The topological polar surface area (TPSA) is 74.2 Å². The molecule has 7 heteroatoms. The van der Waals surface area contributed by atoms with E-state index in [0.717, 1.165) is 28.1 Å². The van der Waals surface area contributed by atoms with Gasteiger partial charge in [-0.3, -0.25) is 4.79 Å². The molecular formula is C20H21N3O2S2. The van der Waals surface area contributed by atoms with Crippen molar-refractivity contribution in [3.05, 3.63) is 42.0 Å². The van der Waals surface area contributed by atoms with Gasteiger partial charge in [-0.05, 0) is 55.4 Å². The number of aryl methyl sites for hydroxylation is 1. The van der Waals surface area contributed by atoms with E-state index in [0.29, 0.717) is 23.2 Å². The summed E-state index contributed by atoms with van der Waals surface area (Å²) in [6, 6.07) is 11.4. The number of thiocarbonyl (C=S) groups is 1. The summed E-state index contributed by atoms with van der Waals surface area (Å²) >= 11 is 6.75. The van der Waals surface area contributed by atoms with E-state index >= 15 is 0 Å². The fourth-order valence-corrected chi connectivity index (χ4v) is 3.91. The quantitative estimate of drug-likeness (QED) is 0.417. The third kappa shape index (κ3) is 4.61. The average Bonchev–Trinajstić information content (AvgIpc) is 3.06. The van der Waals surface area contributed by atoms with Gasteiger partial charge in [0.05, 0.1) is 15.8 Å². The number of nitrogens with one attached hydrogen (secondary N) is 2. The first-order valence-electron chi connectivity index (χ1n) is 8.78. The zero-order chi connectivity index (χ0) is 19.4. The lowest BCUT2D eigenvalue weighted by atomic mass is 10.1. The fourth-order valence-electron chi connectivity index (χ4n) is 2.69. The Morgan fingerprint density at radius 3 is 2.81 bits per heavy atom. The number of carbonyl (C=O) groups is 1. The number of rotatable bonds is 5. The highest BCUT2D eigenvalue weighted by molar-refractivity contribution is 7.80. The summed E-state index contributed by atoms with van der Waals surface area (Å²) in [7, 11) is 0. The second kappa shape index (κ2) is 8.45. The second-order valence-corrected chi connectivity index (χ2v) is 7.72. The van der Waals surface area contributed by atoms with Crippen molar-refractivity contribution in [1.82, 2.24) is 10.3 Å². The summed E-state index contributed by atoms with van der Waals surface area (Å²) in [5.74, 6) is 0.0914. The van der Waals surface area contributed by atoms with Crippen molar-refractivity contribution in [2.24, 2.45) is 0 Å². The first-order chi connectivity index (χ1) is 13.0. The molecular weight excluding hydrogens is 378 g/mol. The number of thiazole rings is 1. The summed E-state index contributed by atoms with van der Waals surface area (Å²) in [5.41, 5.74) is 2.93. The lowest BCUT2D eigenvalue weighted by molar-refractivity contribution is -0.119. The number of aromatic nitrogens is 1. The normalized spacial score (nSPS) is 10.7. The maximum absolute atomic E-state index is 11.8. The van der Waals surface area contributed by atoms with Crippen molar-refractivity contribution in [3.8, 4) is 16.3 Å². The van der Waals surface area contributed by atoms with Crippen LogP contribution in [0.2, 0.25) is 0 Å². The maximum atomic E-state index is 11.8. The number of nitrogens with zero attached hydrogens (tertiary/aromatic N) is 1. The van der Waals surface area contributed by atoms with Gasteiger partial charge >= 0.3 is 0 Å². The number of phenolic OH excluding ortho intramolecular Hbond substituents is 1. The van der Waals surface area contributed by atoms with Crippen molar-refractivity contribution in [2.75, 3.05) is 5.32 Å². The first kappa shape index (κ1) is 19.3. The molecule has 3 aromatic rings. The molecule has 1 amide bonds. The summed E-state index contributed by atoms with van der Waals surface area (Å²) in [6.45, 7) is 3.85. The highest BCUT2D eigenvalue weighted by Gasteiger charge is 2.14. The molecule has 0 aliphatic rings. The highest BCUT2D eigenvalue weighted by Crippen LogP contribution is 2.38. The fraction of sp³-hybridized carbons (Fsp3) is 0.250. The molecule has 3 rings (SSSR count). The van der Waals surface area contributed by atoms with Gasteiger partial charge in [0.15, 0.2) is 5.11 Å². The SMILES string of the molecule is CCCCC(=O)NC(=S)Nc1cc(C)c(O)c(-c2nc3ccccc3s2)c1. The second-order valence-electron chi connectivity index (χ2n) is 6.28. The summed E-state index contributed by atoms with van der Waals surface area (Å²) < 4.78 is 1.06. The number of benzene rings is 2. The number of hydrogen-bond acceptors (Lipinski definition) is 5. The summed E-state index contributed by atoms with van der Waals surface area (Å²) in [4.78, 5) is 16.4. The number of phenols is 1. The lowest BCUT2D eigenvalue weighted by Gasteiger charge is -2.13. The van der Waals surface area contributed by atoms with E-state index in [-0.39, 0.29) is 16.8 Å². The predicted molar refractivity (Wildman–Crippen MR) is 115 cm³/mol. The number of amides is 1. The minimum Gasteiger partial charge on any atom is -0.507 e. The van der Waals surface area contributed by atoms with Crippen molar-refractivity contribution >= 4 is 50.5 Å². The molecule has 0 saturated heterocycles. The van der Waals surface area contributed by atoms with Crippen molar-refractivity contribution in [3.63, 3.8) is 0 Å². The maximum Gasteiger partial charge on any atom is 0.226 e. The molecule has 0 radical (unpaired) electrons. The molecule has 27 heavy (non-hydrogen) atoms. The minimum atomic E-state index is -0.101. The lowest BCUT2D eigenvalue weighted by Crippen LogP contribution is -2.33. The van der Waals surface area contributed by atoms with E-state index in [1.807, 2.05) is 38.1 Å². The molecule has 5 nitrogen and oxygen atoms in total. The number of hydrogen-bond donors (Lipinski definition) is 3. The molecule has 0 saturated carbocycles. The standard InChI is InChI=1S/C20H21N3O2S2/c1-3-4-9-17(24)23-20(26)21-13-10-12(2)18(25)14(11-13)19-22-15-7-5-6-8-16(15)27-19/h5-8,10-11,25H,3-4,9H2,1-2H3,(H2,21,23,24,26). The van der Waals surface area contributed by atoms with E-state index in [2.05, 4.69) is 15.6 Å². The molecule has 0 unspecified atom stereocenters. The van der Waals surface area contributed by atoms with Crippen LogP contribution in [0.3, 0.4) is 0 Å². The number of unbranched alkanes of at least 4 members (excludes halogenated alkanes) is 1. The van der Waals surface area contributed by atoms with Crippen LogP contribution in [-0.2, 0) is 4.79 Å². The van der Waals surface area contributed by atoms with Crippen LogP contribution in [-0.4, -0.2) is 21.1 Å². The van der Waals surface area contributed by atoms with Crippen LogP contribution < -0.4 is 10.6 Å². The number of para-hydroxylation sites is 1. The van der Waals surface area contributed by atoms with Crippen LogP contribution in [0.5, 0.6) is 5.75 Å². The van der Waals surface area contributed by atoms with E-state index < -0.39 is 0 Å². The number of anilines is 1. The van der Waals surface area contributed by atoms with Gasteiger partial charge in [-0.25, -0.2) is 4.98 Å². The molecule has 0 atom stereocenters. The molecule has 1 aromatic heterocycles. The predicted octanol–water partition coefficient (Wildman–Crippen LogP) is 4.98. The number of carbonyl (C=O) groups excluding carboxylic acids is 1. The van der Waals surface area contributed by atoms with Gasteiger partial charge < -0.3 is 15.7 Å². The Bertz CT molecular complexity index is 965. The smallest absolute Gasteiger partial charge is 0.226 e. The van der Waals surface area contributed by atoms with Crippen molar-refractivity contribution in [2.45, 2.75) is 33.1 Å². The van der Waals surface area contributed by atoms with Crippen LogP contribution in [0.15, 0.2) is 36.4 Å². The number of fused-ring (bicyclic) bond motifs is 1. The van der Waals surface area contributed by atoms with E-state index in [9.17, 15) is 9.90 Å². The zero-order valence-electron chi connectivity index (χ0n) is 15.2. The Morgan fingerprint density at radius 2 is 2.07 bits per heavy atom. The minimum absolute atomic E-state index is 0.101. The Labute approximate surface area is 167 Å². The molecule has 0 fully saturated rings. The molecule has 0 spiro atoms. The van der Waals surface area contributed by atoms with E-state index in [4.69, 9.17) is 12.2 Å². The zero-order valence-corrected chi connectivity index (χ0v) is 16.8. The van der Waals surface area contributed by atoms with Crippen LogP contribution in [0.25, 0.3) is 20.8 Å². The van der Waals surface area contributed by atoms with Crippen LogP contribution in [0, 0.1) is 6.92 Å². The van der Waals surface area contributed by atoms with Gasteiger partial charge in [0, 0.05) is 12.1 Å². The van der Waals surface area contributed by atoms with Crippen LogP contribution >= 0.6 is 23.6 Å². The molecule has 1 heterocycles. The third-order valence-electron chi connectivity index (χ3n) is 4.09. The van der Waals surface area contributed by atoms with Crippen LogP contribution in [0.1, 0.15) is 31.7 Å². The summed E-state index contributed by atoms with van der Waals surface area (Å²) in [6.07, 6.45) is 2.23. The summed E-state index contributed by atoms with van der Waals surface area (Å²) in [5, 5.41) is 17.2. The Morgan fingerprint density at radius 1 is 1.30 bits per heavy atom. The van der Waals surface area contributed by atoms with Gasteiger partial charge in [0.1, 0.15) is 10.8 Å². The molecule has 0 bridgehead atoms. The molecule has 3 N–H and O–H groups in total. The molecule has 2 aromatic carbocycles. The van der Waals surface area contributed by atoms with Gasteiger partial charge in [-0.2, -0.15) is 0 Å². The van der Waals surface area contributed by atoms with Gasteiger partial charge in [-0.1, -0.05) is 25.5 Å². The third-order valence-corrected chi connectivity index (χ3v) is 5.37. The van der Waals surface area contributed by atoms with Gasteiger partial charge in [0.25, 0.3) is 0 Å². The monoisotopic (exact) mass is 399 g/mol. The molecule has 0 aliphatic carbocycles. The Kier molecular flexibility index (Phi) is 6.03. The van der Waals surface area contributed by atoms with Crippen molar-refractivity contribution < 1.29 is 9.90 Å². The van der Waals surface area contributed by atoms with Gasteiger partial charge in [-0.15, -0.1) is 11.3 Å². The number of aromatic hydroxyl groups is 1. The molecule has 140 valence electrons. The highest BCUT2D eigenvalue weighted by atomic mass is 32.1. The van der Waals surface area contributed by atoms with E-state index in [1.165, 1.54) is 11.3 Å². The largest absolute Gasteiger partial charge is 0.507 e. The Hall–Kier alpha value is -2.51. The first-order valence-corrected chi connectivity index (χ1v) is 10.0. The molecule has 0 aliphatic heterocycles. The Balaban J connectivity index is 1.83. The van der Waals surface area contributed by atoms with Crippen molar-refractivity contribution in [1.29, 1.82) is 0 Å². The van der Waals surface area contributed by atoms with Gasteiger partial charge in [0.2, 0.25) is 5.91 Å². The average molecular weight is 400 g/mol.